The number of hydrogen-bond donors (Lipinski definition) is 2. The standard InChI is InChI=1S/C9H16N4O/c1-7(13(2)5-6-14)8-9(10)12-4-3-11-8/h3-4,7,14H,5-6H2,1-2H3,(H2,10,12). The quantitative estimate of drug-likeness (QED) is 0.711. The van der Waals surface area contributed by atoms with Crippen molar-refractivity contribution in [2.45, 2.75) is 13.0 Å². The number of aliphatic hydroxyl groups is 1. The molecule has 0 radical (unpaired) electrons. The molecular weight excluding hydrogens is 180 g/mol. The van der Waals surface area contributed by atoms with Crippen molar-refractivity contribution in [1.29, 1.82) is 0 Å². The molecule has 0 amide bonds. The van der Waals surface area contributed by atoms with Crippen molar-refractivity contribution in [1.82, 2.24) is 14.9 Å². The molecule has 0 aliphatic carbocycles. The highest BCUT2D eigenvalue weighted by molar-refractivity contribution is 5.34. The molecule has 1 aromatic rings. The number of rotatable bonds is 4. The van der Waals surface area contributed by atoms with E-state index in [1.54, 1.807) is 12.4 Å². The topological polar surface area (TPSA) is 75.3 Å². The number of likely N-dealkylation sites (N-methyl/N-ethyl adjacent to an activating group) is 1. The minimum Gasteiger partial charge on any atom is -0.395 e. The summed E-state index contributed by atoms with van der Waals surface area (Å²) in [7, 11) is 1.91. The zero-order chi connectivity index (χ0) is 10.6. The predicted octanol–water partition coefficient (Wildman–Crippen LogP) is 0.0439. The number of anilines is 1. The lowest BCUT2D eigenvalue weighted by molar-refractivity contribution is 0.187. The summed E-state index contributed by atoms with van der Waals surface area (Å²) in [6.07, 6.45) is 3.19. The molecule has 5 nitrogen and oxygen atoms in total. The van der Waals surface area contributed by atoms with Crippen molar-refractivity contribution in [2.75, 3.05) is 25.9 Å². The summed E-state index contributed by atoms with van der Waals surface area (Å²) in [6, 6.07) is 0.0656. The SMILES string of the molecule is CC(c1nccnc1N)N(C)CCO. The third-order valence-corrected chi connectivity index (χ3v) is 2.27. The van der Waals surface area contributed by atoms with E-state index in [4.69, 9.17) is 10.8 Å². The summed E-state index contributed by atoms with van der Waals surface area (Å²) in [6.45, 7) is 2.70. The summed E-state index contributed by atoms with van der Waals surface area (Å²) >= 11 is 0. The van der Waals surface area contributed by atoms with Gasteiger partial charge >= 0.3 is 0 Å². The van der Waals surface area contributed by atoms with Gasteiger partial charge in [0.2, 0.25) is 0 Å². The van der Waals surface area contributed by atoms with Gasteiger partial charge in [-0.05, 0) is 14.0 Å². The first-order chi connectivity index (χ1) is 6.66. The van der Waals surface area contributed by atoms with Gasteiger partial charge in [-0.25, -0.2) is 4.98 Å². The Morgan fingerprint density at radius 2 is 2.14 bits per heavy atom. The predicted molar refractivity (Wildman–Crippen MR) is 54.6 cm³/mol. The van der Waals surface area contributed by atoms with E-state index in [1.165, 1.54) is 0 Å². The third kappa shape index (κ3) is 2.40. The summed E-state index contributed by atoms with van der Waals surface area (Å²) in [5.41, 5.74) is 6.45. The number of nitrogens with zero attached hydrogens (tertiary/aromatic N) is 3. The Kier molecular flexibility index (Phi) is 3.79. The maximum Gasteiger partial charge on any atom is 0.146 e. The van der Waals surface area contributed by atoms with Crippen molar-refractivity contribution in [3.05, 3.63) is 18.1 Å². The minimum atomic E-state index is 0.0656. The lowest BCUT2D eigenvalue weighted by atomic mass is 10.2. The maximum absolute atomic E-state index is 8.79. The minimum absolute atomic E-state index is 0.0656. The molecule has 3 N–H and O–H groups in total. The Balaban J connectivity index is 2.78. The second kappa shape index (κ2) is 4.88. The largest absolute Gasteiger partial charge is 0.395 e. The third-order valence-electron chi connectivity index (χ3n) is 2.27. The average Bonchev–Trinajstić information content (AvgIpc) is 2.18. The van der Waals surface area contributed by atoms with Gasteiger partial charge in [-0.1, -0.05) is 0 Å². The molecule has 14 heavy (non-hydrogen) atoms. The maximum atomic E-state index is 8.79. The highest BCUT2D eigenvalue weighted by Crippen LogP contribution is 2.19. The van der Waals surface area contributed by atoms with E-state index in [9.17, 15) is 0 Å². The molecule has 0 spiro atoms. The first-order valence-corrected chi connectivity index (χ1v) is 4.54. The van der Waals surface area contributed by atoms with Crippen LogP contribution in [0.5, 0.6) is 0 Å². The second-order valence-electron chi connectivity index (χ2n) is 3.21. The van der Waals surface area contributed by atoms with E-state index >= 15 is 0 Å². The first-order valence-electron chi connectivity index (χ1n) is 4.54. The van der Waals surface area contributed by atoms with Gasteiger partial charge in [0.05, 0.1) is 18.3 Å². The molecule has 0 fully saturated rings. The van der Waals surface area contributed by atoms with Gasteiger partial charge in [0.1, 0.15) is 5.82 Å². The van der Waals surface area contributed by atoms with Crippen molar-refractivity contribution >= 4 is 5.82 Å². The number of nitrogen functional groups attached to an aromatic ring is 1. The monoisotopic (exact) mass is 196 g/mol. The van der Waals surface area contributed by atoms with Gasteiger partial charge in [-0.3, -0.25) is 9.88 Å². The van der Waals surface area contributed by atoms with Crippen LogP contribution in [-0.2, 0) is 0 Å². The lowest BCUT2D eigenvalue weighted by Crippen LogP contribution is -2.27. The van der Waals surface area contributed by atoms with Crippen LogP contribution in [0.15, 0.2) is 12.4 Å². The fraction of sp³-hybridized carbons (Fsp3) is 0.556. The summed E-state index contributed by atoms with van der Waals surface area (Å²) < 4.78 is 0. The van der Waals surface area contributed by atoms with Gasteiger partial charge < -0.3 is 10.8 Å². The van der Waals surface area contributed by atoms with Gasteiger partial charge in [0.25, 0.3) is 0 Å². The molecule has 0 aliphatic heterocycles. The fourth-order valence-electron chi connectivity index (χ4n) is 1.24. The van der Waals surface area contributed by atoms with Crippen molar-refractivity contribution in [2.24, 2.45) is 0 Å². The van der Waals surface area contributed by atoms with E-state index in [-0.39, 0.29) is 12.6 Å². The van der Waals surface area contributed by atoms with Gasteiger partial charge in [0, 0.05) is 18.9 Å². The smallest absolute Gasteiger partial charge is 0.146 e. The van der Waals surface area contributed by atoms with Crippen molar-refractivity contribution in [3.8, 4) is 0 Å². The highest BCUT2D eigenvalue weighted by Gasteiger charge is 2.15. The molecule has 1 unspecified atom stereocenters. The lowest BCUT2D eigenvalue weighted by Gasteiger charge is -2.23. The van der Waals surface area contributed by atoms with Crippen LogP contribution in [-0.4, -0.2) is 40.2 Å². The van der Waals surface area contributed by atoms with Gasteiger partial charge in [-0.2, -0.15) is 0 Å². The number of aromatic nitrogens is 2. The van der Waals surface area contributed by atoms with Gasteiger partial charge in [-0.15, -0.1) is 0 Å². The Hall–Kier alpha value is -1.20. The molecule has 0 aliphatic rings. The number of nitrogens with two attached hydrogens (primary N) is 1. The summed E-state index contributed by atoms with van der Waals surface area (Å²) in [5.74, 6) is 0.449. The Morgan fingerprint density at radius 3 is 2.71 bits per heavy atom. The van der Waals surface area contributed by atoms with Crippen LogP contribution < -0.4 is 5.73 Å². The molecule has 1 aromatic heterocycles. The number of hydrogen-bond acceptors (Lipinski definition) is 5. The molecule has 0 saturated carbocycles. The van der Waals surface area contributed by atoms with Crippen LogP contribution in [0, 0.1) is 0 Å². The van der Waals surface area contributed by atoms with Crippen LogP contribution in [0.2, 0.25) is 0 Å². The summed E-state index contributed by atoms with van der Waals surface area (Å²) in [4.78, 5) is 10.1. The van der Waals surface area contributed by atoms with Crippen molar-refractivity contribution in [3.63, 3.8) is 0 Å². The molecule has 0 saturated heterocycles. The Bertz CT molecular complexity index is 292. The van der Waals surface area contributed by atoms with E-state index in [1.807, 2.05) is 18.9 Å². The molecule has 1 atom stereocenters. The highest BCUT2D eigenvalue weighted by atomic mass is 16.3. The molecule has 1 heterocycles. The van der Waals surface area contributed by atoms with Gasteiger partial charge in [0.15, 0.2) is 0 Å². The van der Waals surface area contributed by atoms with E-state index < -0.39 is 0 Å². The van der Waals surface area contributed by atoms with E-state index in [2.05, 4.69) is 9.97 Å². The fourth-order valence-corrected chi connectivity index (χ4v) is 1.24. The molecular formula is C9H16N4O. The zero-order valence-corrected chi connectivity index (χ0v) is 8.51. The van der Waals surface area contributed by atoms with Crippen LogP contribution >= 0.6 is 0 Å². The summed E-state index contributed by atoms with van der Waals surface area (Å²) in [5, 5.41) is 8.79. The second-order valence-corrected chi connectivity index (χ2v) is 3.21. The first kappa shape index (κ1) is 10.9. The zero-order valence-electron chi connectivity index (χ0n) is 8.51. The Morgan fingerprint density at radius 1 is 1.50 bits per heavy atom. The van der Waals surface area contributed by atoms with Crippen LogP contribution in [0.25, 0.3) is 0 Å². The van der Waals surface area contributed by atoms with E-state index in [0.717, 1.165) is 5.69 Å². The number of aliphatic hydroxyl groups excluding tert-OH is 1. The molecule has 78 valence electrons. The molecule has 0 aromatic carbocycles. The molecule has 0 bridgehead atoms. The molecule has 1 rings (SSSR count). The van der Waals surface area contributed by atoms with Crippen LogP contribution in [0.4, 0.5) is 5.82 Å². The normalized spacial score (nSPS) is 13.1. The van der Waals surface area contributed by atoms with Crippen LogP contribution in [0.1, 0.15) is 18.7 Å². The molecule has 5 heteroatoms. The Labute approximate surface area is 83.6 Å². The average molecular weight is 196 g/mol. The van der Waals surface area contributed by atoms with Crippen LogP contribution in [0.3, 0.4) is 0 Å². The van der Waals surface area contributed by atoms with Crippen molar-refractivity contribution < 1.29 is 5.11 Å². The van der Waals surface area contributed by atoms with E-state index in [0.29, 0.717) is 12.4 Å².